The number of benzene rings is 2. The van der Waals surface area contributed by atoms with Gasteiger partial charge in [-0.1, -0.05) is 30.0 Å². The van der Waals surface area contributed by atoms with E-state index >= 15 is 0 Å². The van der Waals surface area contributed by atoms with Crippen LogP contribution in [0.1, 0.15) is 12.0 Å². The van der Waals surface area contributed by atoms with Crippen molar-refractivity contribution in [2.45, 2.75) is 11.7 Å². The van der Waals surface area contributed by atoms with E-state index < -0.39 is 5.25 Å². The van der Waals surface area contributed by atoms with Gasteiger partial charge in [-0.15, -0.1) is 0 Å². The summed E-state index contributed by atoms with van der Waals surface area (Å²) in [7, 11) is 1.59. The molecule has 30 heavy (non-hydrogen) atoms. The van der Waals surface area contributed by atoms with Gasteiger partial charge in [-0.05, 0) is 45.8 Å². The van der Waals surface area contributed by atoms with Crippen LogP contribution < -0.4 is 14.8 Å². The number of halogens is 1. The number of ether oxygens (including phenoxy) is 2. The third-order valence-corrected chi connectivity index (χ3v) is 6.11. The highest BCUT2D eigenvalue weighted by atomic mass is 79.9. The Morgan fingerprint density at radius 1 is 1.33 bits per heavy atom. The number of hydrogen-bond donors (Lipinski definition) is 1. The van der Waals surface area contributed by atoms with Crippen LogP contribution in [0.25, 0.3) is 0 Å². The first kappa shape index (κ1) is 20.4. The second-order valence-electron chi connectivity index (χ2n) is 6.36. The lowest BCUT2D eigenvalue weighted by Gasteiger charge is -2.10. The van der Waals surface area contributed by atoms with Crippen molar-refractivity contribution < 1.29 is 19.1 Å². The molecule has 2 aliphatic heterocycles. The zero-order valence-electron chi connectivity index (χ0n) is 15.9. The normalized spacial score (nSPS) is 19.1. The fraction of sp³-hybridized carbons (Fsp3) is 0.200. The molecular formula is C20H17BrN4O4S. The van der Waals surface area contributed by atoms with Crippen LogP contribution in [0.15, 0.2) is 57.0 Å². The minimum Gasteiger partial charge on any atom is -0.454 e. The predicted molar refractivity (Wildman–Crippen MR) is 119 cm³/mol. The Kier molecular flexibility index (Phi) is 6.05. The number of hydrazone groups is 1. The number of amidine groups is 1. The van der Waals surface area contributed by atoms with Crippen molar-refractivity contribution in [3.8, 4) is 11.5 Å². The van der Waals surface area contributed by atoms with E-state index in [2.05, 4.69) is 31.3 Å². The molecule has 0 unspecified atom stereocenters. The molecule has 0 radical (unpaired) electrons. The van der Waals surface area contributed by atoms with Crippen molar-refractivity contribution in [1.82, 2.24) is 5.01 Å². The number of nitrogens with one attached hydrogen (secondary N) is 1. The summed E-state index contributed by atoms with van der Waals surface area (Å²) in [5, 5.41) is 8.16. The fourth-order valence-corrected chi connectivity index (χ4v) is 4.54. The number of anilines is 1. The van der Waals surface area contributed by atoms with Gasteiger partial charge in [0.15, 0.2) is 16.7 Å². The minimum atomic E-state index is -0.590. The topological polar surface area (TPSA) is 92.6 Å². The number of fused-ring (bicyclic) bond motifs is 1. The number of nitrogens with zero attached hydrogens (tertiary/aromatic N) is 3. The third-order valence-electron chi connectivity index (χ3n) is 4.30. The summed E-state index contributed by atoms with van der Waals surface area (Å²) in [6.45, 7) is 0.162. The molecule has 8 nitrogen and oxygen atoms in total. The van der Waals surface area contributed by atoms with Crippen molar-refractivity contribution in [2.24, 2.45) is 10.1 Å². The van der Waals surface area contributed by atoms with Crippen LogP contribution >= 0.6 is 27.7 Å². The van der Waals surface area contributed by atoms with Crippen molar-refractivity contribution in [3.63, 3.8) is 0 Å². The average Bonchev–Trinajstić information content (AvgIpc) is 3.32. The van der Waals surface area contributed by atoms with Crippen LogP contribution in [0.4, 0.5) is 5.69 Å². The van der Waals surface area contributed by atoms with Crippen molar-refractivity contribution in [3.05, 3.63) is 52.5 Å². The van der Waals surface area contributed by atoms with Gasteiger partial charge in [-0.2, -0.15) is 10.1 Å². The first-order valence-corrected chi connectivity index (χ1v) is 10.7. The number of thioether (sulfide) groups is 1. The van der Waals surface area contributed by atoms with E-state index in [1.165, 1.54) is 16.8 Å². The molecular weight excluding hydrogens is 472 g/mol. The summed E-state index contributed by atoms with van der Waals surface area (Å²) in [6, 6.07) is 12.7. The van der Waals surface area contributed by atoms with E-state index in [-0.39, 0.29) is 25.0 Å². The number of rotatable bonds is 5. The monoisotopic (exact) mass is 488 g/mol. The van der Waals surface area contributed by atoms with Gasteiger partial charge in [0.05, 0.1) is 10.7 Å². The summed E-state index contributed by atoms with van der Waals surface area (Å²) in [5.41, 5.74) is 1.41. The highest BCUT2D eigenvalue weighted by Gasteiger charge is 2.39. The third kappa shape index (κ3) is 4.34. The molecule has 2 amide bonds. The lowest BCUT2D eigenvalue weighted by atomic mass is 10.2. The Hall–Kier alpha value is -2.85. The predicted octanol–water partition coefficient (Wildman–Crippen LogP) is 3.47. The standard InChI is InChI=1S/C20H17BrN4O4S/c1-22-20-25(23-10-12-7-14(21)18-15(8-12)28-11-29-18)19(27)16(30-20)9-17(26)24-13-5-3-2-4-6-13/h2-8,10,16H,9,11H2,1H3,(H,24,26)/b22-20?,23-10-/t16-/m1/s1. The average molecular weight is 489 g/mol. The highest BCUT2D eigenvalue weighted by Crippen LogP contribution is 2.39. The Morgan fingerprint density at radius 3 is 2.90 bits per heavy atom. The van der Waals surface area contributed by atoms with Crippen LogP contribution in [-0.4, -0.2) is 47.3 Å². The lowest BCUT2D eigenvalue weighted by molar-refractivity contribution is -0.128. The maximum atomic E-state index is 12.8. The van der Waals surface area contributed by atoms with Crippen LogP contribution in [0.5, 0.6) is 11.5 Å². The van der Waals surface area contributed by atoms with Gasteiger partial charge in [0, 0.05) is 19.2 Å². The van der Waals surface area contributed by atoms with Crippen LogP contribution in [0.3, 0.4) is 0 Å². The quantitative estimate of drug-likeness (QED) is 0.650. The lowest BCUT2D eigenvalue weighted by Crippen LogP contribution is -2.29. The molecule has 154 valence electrons. The van der Waals surface area contributed by atoms with Gasteiger partial charge in [-0.25, -0.2) is 0 Å². The molecule has 1 saturated heterocycles. The summed E-state index contributed by atoms with van der Waals surface area (Å²) in [6.07, 6.45) is 1.57. The first-order valence-electron chi connectivity index (χ1n) is 9.00. The summed E-state index contributed by atoms with van der Waals surface area (Å²) >= 11 is 4.66. The maximum absolute atomic E-state index is 12.8. The summed E-state index contributed by atoms with van der Waals surface area (Å²) in [5.74, 6) is 0.709. The molecule has 1 atom stereocenters. The maximum Gasteiger partial charge on any atom is 0.263 e. The van der Waals surface area contributed by atoms with Gasteiger partial charge in [-0.3, -0.25) is 14.6 Å². The van der Waals surface area contributed by atoms with E-state index in [1.807, 2.05) is 24.3 Å². The second kappa shape index (κ2) is 8.88. The number of amides is 2. The van der Waals surface area contributed by atoms with Gasteiger partial charge < -0.3 is 14.8 Å². The molecule has 1 N–H and O–H groups in total. The molecule has 4 rings (SSSR count). The van der Waals surface area contributed by atoms with Crippen LogP contribution in [-0.2, 0) is 9.59 Å². The number of carbonyl (C=O) groups is 2. The molecule has 2 aliphatic rings. The molecule has 10 heteroatoms. The van der Waals surface area contributed by atoms with Crippen molar-refractivity contribution in [2.75, 3.05) is 19.2 Å². The van der Waals surface area contributed by atoms with E-state index in [0.29, 0.717) is 22.4 Å². The molecule has 2 aromatic carbocycles. The van der Waals surface area contributed by atoms with Crippen molar-refractivity contribution in [1.29, 1.82) is 0 Å². The van der Waals surface area contributed by atoms with Crippen LogP contribution in [0.2, 0.25) is 0 Å². The number of para-hydroxylation sites is 1. The number of hydrogen-bond acceptors (Lipinski definition) is 7. The zero-order valence-corrected chi connectivity index (χ0v) is 18.3. The Balaban J connectivity index is 1.45. The Bertz CT molecular complexity index is 1040. The molecule has 0 spiro atoms. The molecule has 2 aromatic rings. The van der Waals surface area contributed by atoms with Crippen LogP contribution in [0, 0.1) is 0 Å². The molecule has 2 heterocycles. The molecule has 0 aromatic heterocycles. The smallest absolute Gasteiger partial charge is 0.263 e. The molecule has 1 fully saturated rings. The minimum absolute atomic E-state index is 0.0268. The fourth-order valence-electron chi connectivity index (χ4n) is 2.93. The van der Waals surface area contributed by atoms with Crippen molar-refractivity contribution >= 4 is 56.6 Å². The van der Waals surface area contributed by atoms with E-state index in [1.54, 1.807) is 31.5 Å². The van der Waals surface area contributed by atoms with Gasteiger partial charge in [0.1, 0.15) is 5.25 Å². The summed E-state index contributed by atoms with van der Waals surface area (Å²) < 4.78 is 11.5. The highest BCUT2D eigenvalue weighted by molar-refractivity contribution is 9.10. The summed E-state index contributed by atoms with van der Waals surface area (Å²) in [4.78, 5) is 29.3. The zero-order chi connectivity index (χ0) is 21.1. The molecule has 0 saturated carbocycles. The largest absolute Gasteiger partial charge is 0.454 e. The van der Waals surface area contributed by atoms with E-state index in [4.69, 9.17) is 9.47 Å². The SMILES string of the molecule is CN=C1S[C@H](CC(=O)Nc2ccccc2)C(=O)N1/N=C\c1cc(Br)c2c(c1)OCO2. The molecule has 0 aliphatic carbocycles. The van der Waals surface area contributed by atoms with E-state index in [0.717, 1.165) is 10.0 Å². The van der Waals surface area contributed by atoms with Gasteiger partial charge >= 0.3 is 0 Å². The number of aliphatic imine (C=N–C) groups is 1. The Labute approximate surface area is 185 Å². The molecule has 0 bridgehead atoms. The number of carbonyl (C=O) groups excluding carboxylic acids is 2. The van der Waals surface area contributed by atoms with E-state index in [9.17, 15) is 9.59 Å². The van der Waals surface area contributed by atoms with Gasteiger partial charge in [0.25, 0.3) is 5.91 Å². The second-order valence-corrected chi connectivity index (χ2v) is 8.39. The Morgan fingerprint density at radius 2 is 2.13 bits per heavy atom. The van der Waals surface area contributed by atoms with Gasteiger partial charge in [0.2, 0.25) is 12.7 Å². The first-order chi connectivity index (χ1) is 14.5.